The van der Waals surface area contributed by atoms with Gasteiger partial charge in [-0.2, -0.15) is 0 Å². The largest absolute Gasteiger partial charge is 0.399 e. The van der Waals surface area contributed by atoms with Crippen molar-refractivity contribution in [2.75, 3.05) is 22.3 Å². The molecule has 1 aliphatic rings. The first-order chi connectivity index (χ1) is 10.00. The van der Waals surface area contributed by atoms with E-state index in [9.17, 15) is 8.42 Å². The Bertz CT molecular complexity index is 788. The maximum atomic E-state index is 13.0. The van der Waals surface area contributed by atoms with E-state index in [-0.39, 0.29) is 4.90 Å². The second kappa shape index (κ2) is 5.27. The maximum Gasteiger partial charge on any atom is 0.264 e. The van der Waals surface area contributed by atoms with Crippen molar-refractivity contribution in [2.45, 2.75) is 16.7 Å². The molecule has 0 fully saturated rings. The van der Waals surface area contributed by atoms with Gasteiger partial charge in [0.2, 0.25) is 0 Å². The highest BCUT2D eigenvalue weighted by atomic mass is 32.2. The number of rotatable bonds is 2. The first-order valence-corrected chi connectivity index (χ1v) is 9.03. The number of hydrogen-bond acceptors (Lipinski definition) is 4. The molecule has 1 heterocycles. The number of thioether (sulfide) groups is 1. The summed E-state index contributed by atoms with van der Waals surface area (Å²) in [5.41, 5.74) is 7.67. The van der Waals surface area contributed by atoms with Gasteiger partial charge in [-0.05, 0) is 36.8 Å². The molecule has 2 aromatic rings. The number of fused-ring (bicyclic) bond motifs is 1. The summed E-state index contributed by atoms with van der Waals surface area (Å²) in [5, 5.41) is 0. The fraction of sp³-hybridized carbons (Fsp3) is 0.200. The van der Waals surface area contributed by atoms with Crippen LogP contribution in [0.2, 0.25) is 0 Å². The van der Waals surface area contributed by atoms with E-state index in [2.05, 4.69) is 0 Å². The molecule has 0 amide bonds. The monoisotopic (exact) mass is 320 g/mol. The van der Waals surface area contributed by atoms with Crippen LogP contribution in [0.25, 0.3) is 0 Å². The van der Waals surface area contributed by atoms with Crippen LogP contribution in [0.15, 0.2) is 52.3 Å². The van der Waals surface area contributed by atoms with Gasteiger partial charge in [0.25, 0.3) is 10.0 Å². The van der Waals surface area contributed by atoms with Crippen molar-refractivity contribution in [1.82, 2.24) is 0 Å². The summed E-state index contributed by atoms with van der Waals surface area (Å²) in [6.07, 6.45) is 0. The molecule has 0 aromatic heterocycles. The molecule has 0 unspecified atom stereocenters. The lowest BCUT2D eigenvalue weighted by Gasteiger charge is -2.30. The maximum absolute atomic E-state index is 13.0. The molecule has 0 aliphatic carbocycles. The number of hydrogen-bond donors (Lipinski definition) is 1. The van der Waals surface area contributed by atoms with Crippen molar-refractivity contribution >= 4 is 33.2 Å². The highest BCUT2D eigenvalue weighted by molar-refractivity contribution is 8.00. The lowest BCUT2D eigenvalue weighted by atomic mass is 10.2. The van der Waals surface area contributed by atoms with E-state index < -0.39 is 10.0 Å². The normalized spacial score (nSPS) is 14.8. The number of nitrogen functional groups attached to an aromatic ring is 1. The predicted molar refractivity (Wildman–Crippen MR) is 87.3 cm³/mol. The minimum absolute atomic E-state index is 0.282. The summed E-state index contributed by atoms with van der Waals surface area (Å²) < 4.78 is 27.5. The van der Waals surface area contributed by atoms with Crippen molar-refractivity contribution in [2.24, 2.45) is 0 Å². The molecule has 0 saturated carbocycles. The van der Waals surface area contributed by atoms with Crippen molar-refractivity contribution in [3.05, 3.63) is 48.0 Å². The molecule has 3 rings (SSSR count). The van der Waals surface area contributed by atoms with Crippen LogP contribution >= 0.6 is 11.8 Å². The van der Waals surface area contributed by atoms with Gasteiger partial charge in [0.15, 0.2) is 0 Å². The number of nitrogens with two attached hydrogens (primary N) is 1. The Hall–Kier alpha value is -1.66. The van der Waals surface area contributed by atoms with Crippen LogP contribution in [0, 0.1) is 6.92 Å². The molecule has 4 nitrogen and oxygen atoms in total. The van der Waals surface area contributed by atoms with E-state index in [1.165, 1.54) is 10.4 Å². The molecular weight excluding hydrogens is 304 g/mol. The Kier molecular flexibility index (Phi) is 3.59. The van der Waals surface area contributed by atoms with E-state index >= 15 is 0 Å². The quantitative estimate of drug-likeness (QED) is 0.864. The highest BCUT2D eigenvalue weighted by Gasteiger charge is 2.30. The molecular formula is C15H16N2O2S2. The minimum atomic E-state index is -3.59. The molecule has 1 aliphatic heterocycles. The van der Waals surface area contributed by atoms with Crippen LogP contribution < -0.4 is 10.0 Å². The lowest BCUT2D eigenvalue weighted by molar-refractivity contribution is 0.591. The number of anilines is 2. The molecule has 0 bridgehead atoms. The van der Waals surface area contributed by atoms with Crippen LogP contribution in [0.3, 0.4) is 0 Å². The number of benzene rings is 2. The molecule has 0 spiro atoms. The summed E-state index contributed by atoms with van der Waals surface area (Å²) >= 11 is 1.68. The molecule has 2 N–H and O–H groups in total. The van der Waals surface area contributed by atoms with E-state index in [0.29, 0.717) is 17.8 Å². The third kappa shape index (κ3) is 2.49. The number of para-hydroxylation sites is 1. The first-order valence-electron chi connectivity index (χ1n) is 6.61. The van der Waals surface area contributed by atoms with Crippen molar-refractivity contribution in [3.8, 4) is 0 Å². The zero-order valence-corrected chi connectivity index (χ0v) is 13.2. The van der Waals surface area contributed by atoms with E-state index in [1.54, 1.807) is 30.8 Å². The van der Waals surface area contributed by atoms with Crippen molar-refractivity contribution in [3.63, 3.8) is 0 Å². The van der Waals surface area contributed by atoms with Crippen LogP contribution in [0.5, 0.6) is 0 Å². The molecule has 6 heteroatoms. The first kappa shape index (κ1) is 14.3. The zero-order chi connectivity index (χ0) is 15.0. The van der Waals surface area contributed by atoms with Crippen LogP contribution in [-0.4, -0.2) is 20.7 Å². The molecule has 0 saturated heterocycles. The fourth-order valence-electron chi connectivity index (χ4n) is 2.41. The van der Waals surface area contributed by atoms with E-state index in [4.69, 9.17) is 5.73 Å². The average molecular weight is 320 g/mol. The Morgan fingerprint density at radius 3 is 2.76 bits per heavy atom. The Labute approximate surface area is 129 Å². The SMILES string of the molecule is Cc1ccc(N)cc1S(=O)(=O)N1CCSc2ccccc21. The predicted octanol–water partition coefficient (Wildman–Crippen LogP) is 2.88. The van der Waals surface area contributed by atoms with E-state index in [0.717, 1.165) is 16.3 Å². The fourth-order valence-corrected chi connectivity index (χ4v) is 5.32. The summed E-state index contributed by atoms with van der Waals surface area (Å²) in [6.45, 7) is 2.26. The molecule has 0 atom stereocenters. The minimum Gasteiger partial charge on any atom is -0.399 e. The van der Waals surface area contributed by atoms with Crippen LogP contribution in [0.1, 0.15) is 5.56 Å². The third-order valence-electron chi connectivity index (χ3n) is 3.47. The Morgan fingerprint density at radius 2 is 1.95 bits per heavy atom. The Morgan fingerprint density at radius 1 is 1.19 bits per heavy atom. The molecule has 2 aromatic carbocycles. The number of aryl methyl sites for hydroxylation is 1. The number of nitrogens with zero attached hydrogens (tertiary/aromatic N) is 1. The van der Waals surface area contributed by atoms with Gasteiger partial charge in [0, 0.05) is 22.9 Å². The smallest absolute Gasteiger partial charge is 0.264 e. The average Bonchev–Trinajstić information content (AvgIpc) is 2.49. The van der Waals surface area contributed by atoms with Crippen molar-refractivity contribution in [1.29, 1.82) is 0 Å². The van der Waals surface area contributed by atoms with E-state index in [1.807, 2.05) is 24.3 Å². The summed E-state index contributed by atoms with van der Waals surface area (Å²) in [5.74, 6) is 0.748. The second-order valence-electron chi connectivity index (χ2n) is 4.92. The molecule has 0 radical (unpaired) electrons. The second-order valence-corrected chi connectivity index (χ2v) is 7.89. The van der Waals surface area contributed by atoms with Gasteiger partial charge in [0.1, 0.15) is 0 Å². The standard InChI is InChI=1S/C15H16N2O2S2/c1-11-6-7-12(16)10-15(11)21(18,19)17-8-9-20-14-5-3-2-4-13(14)17/h2-7,10H,8-9,16H2,1H3. The number of sulfonamides is 1. The molecule has 21 heavy (non-hydrogen) atoms. The van der Waals surface area contributed by atoms with Gasteiger partial charge >= 0.3 is 0 Å². The molecule has 110 valence electrons. The Balaban J connectivity index is 2.14. The summed E-state index contributed by atoms with van der Waals surface area (Å²) in [7, 11) is -3.59. The summed E-state index contributed by atoms with van der Waals surface area (Å²) in [6, 6.07) is 12.6. The summed E-state index contributed by atoms with van der Waals surface area (Å²) in [4.78, 5) is 1.28. The topological polar surface area (TPSA) is 63.4 Å². The van der Waals surface area contributed by atoms with Crippen LogP contribution in [0.4, 0.5) is 11.4 Å². The van der Waals surface area contributed by atoms with Gasteiger partial charge in [-0.15, -0.1) is 11.8 Å². The van der Waals surface area contributed by atoms with Gasteiger partial charge < -0.3 is 5.73 Å². The highest BCUT2D eigenvalue weighted by Crippen LogP contribution is 2.38. The van der Waals surface area contributed by atoms with Gasteiger partial charge in [0.05, 0.1) is 10.6 Å². The lowest BCUT2D eigenvalue weighted by Crippen LogP contribution is -2.35. The van der Waals surface area contributed by atoms with Crippen LogP contribution in [-0.2, 0) is 10.0 Å². The van der Waals surface area contributed by atoms with Gasteiger partial charge in [-0.1, -0.05) is 18.2 Å². The zero-order valence-electron chi connectivity index (χ0n) is 11.6. The van der Waals surface area contributed by atoms with Gasteiger partial charge in [-0.25, -0.2) is 8.42 Å². The third-order valence-corrected chi connectivity index (χ3v) is 6.46. The van der Waals surface area contributed by atoms with Crippen molar-refractivity contribution < 1.29 is 8.42 Å². The van der Waals surface area contributed by atoms with Gasteiger partial charge in [-0.3, -0.25) is 4.31 Å².